The largest absolute Gasteiger partial charge is 0.0885 e. The SMILES string of the molecule is CCCc1ccc(C2(C3CC=CCC3)CC=CCC2)cc1. The molecule has 0 heteroatoms. The lowest BCUT2D eigenvalue weighted by molar-refractivity contribution is 0.226. The molecule has 1 aromatic rings. The van der Waals surface area contributed by atoms with E-state index >= 15 is 0 Å². The summed E-state index contributed by atoms with van der Waals surface area (Å²) in [5, 5.41) is 0. The van der Waals surface area contributed by atoms with Gasteiger partial charge in [0.1, 0.15) is 0 Å². The van der Waals surface area contributed by atoms with Crippen molar-refractivity contribution in [1.29, 1.82) is 0 Å². The maximum atomic E-state index is 2.43. The zero-order chi connectivity index (χ0) is 14.5. The van der Waals surface area contributed by atoms with Gasteiger partial charge in [-0.25, -0.2) is 0 Å². The summed E-state index contributed by atoms with van der Waals surface area (Å²) in [7, 11) is 0. The second-order valence-electron chi connectivity index (χ2n) is 6.80. The number of benzene rings is 1. The van der Waals surface area contributed by atoms with Crippen molar-refractivity contribution >= 4 is 0 Å². The first kappa shape index (κ1) is 14.6. The molecule has 0 N–H and O–H groups in total. The van der Waals surface area contributed by atoms with Gasteiger partial charge in [0.2, 0.25) is 0 Å². The molecule has 0 nitrogen and oxygen atoms in total. The van der Waals surface area contributed by atoms with Crippen LogP contribution in [0.15, 0.2) is 48.6 Å². The fourth-order valence-electron chi connectivity index (χ4n) is 4.31. The van der Waals surface area contributed by atoms with Crippen LogP contribution in [-0.4, -0.2) is 0 Å². The highest BCUT2D eigenvalue weighted by Crippen LogP contribution is 2.47. The molecule has 2 unspecified atom stereocenters. The van der Waals surface area contributed by atoms with E-state index in [0.29, 0.717) is 5.41 Å². The van der Waals surface area contributed by atoms with Gasteiger partial charge in [-0.1, -0.05) is 61.9 Å². The molecule has 0 radical (unpaired) electrons. The smallest absolute Gasteiger partial charge is 0.00217 e. The van der Waals surface area contributed by atoms with Crippen LogP contribution in [0.4, 0.5) is 0 Å². The second kappa shape index (κ2) is 6.64. The highest BCUT2D eigenvalue weighted by atomic mass is 14.4. The van der Waals surface area contributed by atoms with Crippen molar-refractivity contribution in [3.05, 3.63) is 59.7 Å². The van der Waals surface area contributed by atoms with Crippen LogP contribution in [0.25, 0.3) is 0 Å². The van der Waals surface area contributed by atoms with Crippen molar-refractivity contribution in [1.82, 2.24) is 0 Å². The van der Waals surface area contributed by atoms with E-state index in [-0.39, 0.29) is 0 Å². The molecule has 0 aliphatic heterocycles. The molecule has 0 heterocycles. The Hall–Kier alpha value is -1.30. The topological polar surface area (TPSA) is 0 Å². The van der Waals surface area contributed by atoms with Crippen molar-refractivity contribution in [2.75, 3.05) is 0 Å². The summed E-state index contributed by atoms with van der Waals surface area (Å²) >= 11 is 0. The summed E-state index contributed by atoms with van der Waals surface area (Å²) < 4.78 is 0. The molecule has 1 aromatic carbocycles. The number of allylic oxidation sites excluding steroid dienone is 4. The maximum Gasteiger partial charge on any atom is 0.00217 e. The van der Waals surface area contributed by atoms with E-state index in [4.69, 9.17) is 0 Å². The lowest BCUT2D eigenvalue weighted by atomic mass is 9.61. The van der Waals surface area contributed by atoms with E-state index in [1.54, 1.807) is 5.56 Å². The molecule has 2 aliphatic carbocycles. The Balaban J connectivity index is 1.91. The molecule has 2 atom stereocenters. The van der Waals surface area contributed by atoms with Gasteiger partial charge in [0.15, 0.2) is 0 Å². The van der Waals surface area contributed by atoms with Crippen molar-refractivity contribution in [2.24, 2.45) is 5.92 Å². The van der Waals surface area contributed by atoms with Gasteiger partial charge < -0.3 is 0 Å². The van der Waals surface area contributed by atoms with E-state index in [1.807, 2.05) is 0 Å². The predicted octanol–water partition coefficient (Wildman–Crippen LogP) is 5.97. The molecule has 0 amide bonds. The van der Waals surface area contributed by atoms with Crippen LogP contribution < -0.4 is 0 Å². The van der Waals surface area contributed by atoms with Crippen molar-refractivity contribution in [3.63, 3.8) is 0 Å². The van der Waals surface area contributed by atoms with Crippen LogP contribution >= 0.6 is 0 Å². The Morgan fingerprint density at radius 3 is 2.43 bits per heavy atom. The highest BCUT2D eigenvalue weighted by molar-refractivity contribution is 5.33. The summed E-state index contributed by atoms with van der Waals surface area (Å²) in [5.41, 5.74) is 3.47. The Bertz CT molecular complexity index is 505. The van der Waals surface area contributed by atoms with E-state index in [1.165, 1.54) is 56.9 Å². The first-order valence-electron chi connectivity index (χ1n) is 8.74. The third kappa shape index (κ3) is 3.00. The summed E-state index contributed by atoms with van der Waals surface area (Å²) in [4.78, 5) is 0. The molecule has 0 aromatic heterocycles. The minimum absolute atomic E-state index is 0.393. The summed E-state index contributed by atoms with van der Waals surface area (Å²) in [5.74, 6) is 0.824. The number of rotatable bonds is 4. The van der Waals surface area contributed by atoms with Gasteiger partial charge in [0, 0.05) is 5.41 Å². The summed E-state index contributed by atoms with van der Waals surface area (Å²) in [6.07, 6.45) is 19.7. The lowest BCUT2D eigenvalue weighted by Gasteiger charge is -2.43. The molecule has 2 aliphatic rings. The summed E-state index contributed by atoms with van der Waals surface area (Å²) in [6, 6.07) is 9.61. The summed E-state index contributed by atoms with van der Waals surface area (Å²) in [6.45, 7) is 2.26. The fraction of sp³-hybridized carbons (Fsp3) is 0.524. The Kier molecular flexibility index (Phi) is 4.63. The van der Waals surface area contributed by atoms with Crippen molar-refractivity contribution < 1.29 is 0 Å². The Morgan fingerprint density at radius 1 is 1.00 bits per heavy atom. The highest BCUT2D eigenvalue weighted by Gasteiger charge is 2.39. The molecule has 112 valence electrons. The monoisotopic (exact) mass is 280 g/mol. The standard InChI is InChI=1S/C21H28/c1-2-9-18-12-14-20(15-13-18)21(16-7-4-8-17-21)19-10-5-3-6-11-19/h3-5,7,12-15,19H,2,6,8-11,16-17H2,1H3. The van der Waals surface area contributed by atoms with Gasteiger partial charge in [-0.15, -0.1) is 0 Å². The van der Waals surface area contributed by atoms with Crippen LogP contribution in [0, 0.1) is 5.92 Å². The van der Waals surface area contributed by atoms with Gasteiger partial charge in [-0.2, -0.15) is 0 Å². The Labute approximate surface area is 130 Å². The second-order valence-corrected chi connectivity index (χ2v) is 6.80. The number of hydrogen-bond acceptors (Lipinski definition) is 0. The lowest BCUT2D eigenvalue weighted by Crippen LogP contribution is -2.36. The molecular formula is C21H28. The van der Waals surface area contributed by atoms with Gasteiger partial charge in [-0.3, -0.25) is 0 Å². The zero-order valence-electron chi connectivity index (χ0n) is 13.4. The molecule has 0 fully saturated rings. The van der Waals surface area contributed by atoms with Crippen LogP contribution in [0.5, 0.6) is 0 Å². The molecule has 21 heavy (non-hydrogen) atoms. The minimum atomic E-state index is 0.393. The van der Waals surface area contributed by atoms with E-state index in [9.17, 15) is 0 Å². The average molecular weight is 280 g/mol. The van der Waals surface area contributed by atoms with Gasteiger partial charge >= 0.3 is 0 Å². The first-order chi connectivity index (χ1) is 10.3. The maximum absolute atomic E-state index is 2.43. The van der Waals surface area contributed by atoms with E-state index < -0.39 is 0 Å². The van der Waals surface area contributed by atoms with E-state index in [2.05, 4.69) is 55.5 Å². The van der Waals surface area contributed by atoms with Crippen molar-refractivity contribution in [2.45, 2.75) is 63.7 Å². The fourth-order valence-corrected chi connectivity index (χ4v) is 4.31. The average Bonchev–Trinajstić information content (AvgIpc) is 2.57. The van der Waals surface area contributed by atoms with Gasteiger partial charge in [0.05, 0.1) is 0 Å². The third-order valence-electron chi connectivity index (χ3n) is 5.52. The number of aryl methyl sites for hydroxylation is 1. The quantitative estimate of drug-likeness (QED) is 0.596. The molecule has 3 rings (SSSR count). The molecule has 0 spiro atoms. The zero-order valence-corrected chi connectivity index (χ0v) is 13.4. The van der Waals surface area contributed by atoms with Crippen LogP contribution in [-0.2, 0) is 11.8 Å². The molecule has 0 bridgehead atoms. The molecule has 0 saturated heterocycles. The van der Waals surface area contributed by atoms with Gasteiger partial charge in [-0.05, 0) is 62.0 Å². The minimum Gasteiger partial charge on any atom is -0.0885 e. The third-order valence-corrected chi connectivity index (χ3v) is 5.52. The van der Waals surface area contributed by atoms with Crippen LogP contribution in [0.1, 0.15) is 63.0 Å². The van der Waals surface area contributed by atoms with Gasteiger partial charge in [0.25, 0.3) is 0 Å². The number of hydrogen-bond donors (Lipinski definition) is 0. The van der Waals surface area contributed by atoms with Crippen LogP contribution in [0.3, 0.4) is 0 Å². The molecular weight excluding hydrogens is 252 g/mol. The molecule has 0 saturated carbocycles. The normalized spacial score (nSPS) is 28.7. The van der Waals surface area contributed by atoms with Crippen molar-refractivity contribution in [3.8, 4) is 0 Å². The van der Waals surface area contributed by atoms with Crippen LogP contribution in [0.2, 0.25) is 0 Å². The Morgan fingerprint density at radius 2 is 1.81 bits per heavy atom. The van der Waals surface area contributed by atoms with E-state index in [0.717, 1.165) is 5.92 Å². The predicted molar refractivity (Wildman–Crippen MR) is 91.6 cm³/mol. The first-order valence-corrected chi connectivity index (χ1v) is 8.74.